The van der Waals surface area contributed by atoms with Crippen molar-refractivity contribution in [2.45, 2.75) is 31.0 Å². The fraction of sp³-hybridized carbons (Fsp3) is 0.375. The SMILES string of the molecule is C=CC(=O)N1CC[C@@H]2[C@H]1CN2c1nc(OC[C@@H]2[C@H]3C[C@H]3CN2C)nc2c(F)c(-c3cccc4ccc(F)c(Cl)c34)ncc12. The van der Waals surface area contributed by atoms with Crippen molar-refractivity contribution in [2.24, 2.45) is 11.8 Å². The molecule has 220 valence electrons. The number of ether oxygens (including phenoxy) is 1. The summed E-state index contributed by atoms with van der Waals surface area (Å²) in [4.78, 5) is 32.5. The minimum absolute atomic E-state index is 0.0163. The molecule has 4 aliphatic rings. The number of benzene rings is 2. The molecule has 3 aliphatic heterocycles. The van der Waals surface area contributed by atoms with E-state index in [2.05, 4.69) is 33.4 Å². The topological polar surface area (TPSA) is 74.7 Å². The monoisotopic (exact) mass is 602 g/mol. The number of likely N-dealkylation sites (N-methyl/N-ethyl adjacent to an activating group) is 1. The molecule has 43 heavy (non-hydrogen) atoms. The highest BCUT2D eigenvalue weighted by atomic mass is 35.5. The van der Waals surface area contributed by atoms with Gasteiger partial charge < -0.3 is 14.5 Å². The zero-order chi connectivity index (χ0) is 29.6. The number of anilines is 1. The first-order valence-corrected chi connectivity index (χ1v) is 15.0. The second kappa shape index (κ2) is 9.82. The molecule has 4 aromatic rings. The van der Waals surface area contributed by atoms with Crippen molar-refractivity contribution in [3.63, 3.8) is 0 Å². The maximum atomic E-state index is 16.6. The van der Waals surface area contributed by atoms with Gasteiger partial charge in [0.05, 0.1) is 22.5 Å². The summed E-state index contributed by atoms with van der Waals surface area (Å²) in [5.74, 6) is 0.508. The van der Waals surface area contributed by atoms with Crippen LogP contribution in [0.2, 0.25) is 5.02 Å². The highest BCUT2D eigenvalue weighted by Crippen LogP contribution is 2.49. The molecule has 0 radical (unpaired) electrons. The number of carbonyl (C=O) groups is 1. The molecule has 1 saturated carbocycles. The molecule has 0 unspecified atom stereocenters. The molecule has 5 heterocycles. The number of carbonyl (C=O) groups excluding carboxylic acids is 1. The Labute approximate surface area is 251 Å². The fourth-order valence-electron chi connectivity index (χ4n) is 7.45. The van der Waals surface area contributed by atoms with E-state index in [1.165, 1.54) is 18.6 Å². The highest BCUT2D eigenvalue weighted by Gasteiger charge is 2.52. The minimum Gasteiger partial charge on any atom is -0.462 e. The standard InChI is InChI=1S/C32H29ClF2N6O2/c1-3-25(42)40-10-9-22-23(40)14-41(22)31-20-12-36-29(18-6-4-5-16-7-8-21(34)27(33)26(16)18)28(35)30(20)37-32(38-31)43-15-24-19-11-17(19)13-39(24)2/h3-8,12,17,19,22-24H,1,9-11,13-15H2,2H3/t17-,19-,22+,23+,24+/m0/s1. The van der Waals surface area contributed by atoms with E-state index in [1.54, 1.807) is 30.5 Å². The number of aromatic nitrogens is 3. The average Bonchev–Trinajstić information content (AvgIpc) is 3.57. The van der Waals surface area contributed by atoms with Crippen molar-refractivity contribution in [1.29, 1.82) is 0 Å². The molecule has 11 heteroatoms. The van der Waals surface area contributed by atoms with Crippen molar-refractivity contribution in [3.8, 4) is 17.3 Å². The van der Waals surface area contributed by atoms with Gasteiger partial charge in [-0.2, -0.15) is 9.97 Å². The summed E-state index contributed by atoms with van der Waals surface area (Å²) in [6, 6.07) is 8.56. The number of halogens is 3. The molecule has 2 aromatic heterocycles. The van der Waals surface area contributed by atoms with Gasteiger partial charge in [-0.1, -0.05) is 42.4 Å². The molecule has 1 aliphatic carbocycles. The lowest BCUT2D eigenvalue weighted by molar-refractivity contribution is -0.127. The number of nitrogens with zero attached hydrogens (tertiary/aromatic N) is 6. The Morgan fingerprint density at radius 1 is 1.19 bits per heavy atom. The van der Waals surface area contributed by atoms with E-state index in [1.807, 2.05) is 4.90 Å². The Balaban J connectivity index is 1.23. The molecule has 0 spiro atoms. The number of hydrogen-bond acceptors (Lipinski definition) is 7. The summed E-state index contributed by atoms with van der Waals surface area (Å²) in [5.41, 5.74) is 0.455. The second-order valence-corrected chi connectivity index (χ2v) is 12.4. The molecule has 8 rings (SSSR count). The molecule has 8 nitrogen and oxygen atoms in total. The van der Waals surface area contributed by atoms with E-state index in [0.29, 0.717) is 53.2 Å². The lowest BCUT2D eigenvalue weighted by Gasteiger charge is -2.47. The third-order valence-electron chi connectivity index (χ3n) is 9.80. The van der Waals surface area contributed by atoms with Crippen LogP contribution < -0.4 is 9.64 Å². The van der Waals surface area contributed by atoms with Gasteiger partial charge in [0.25, 0.3) is 0 Å². The summed E-state index contributed by atoms with van der Waals surface area (Å²) in [7, 11) is 2.10. The summed E-state index contributed by atoms with van der Waals surface area (Å²) >= 11 is 6.38. The van der Waals surface area contributed by atoms with Gasteiger partial charge in [-0.25, -0.2) is 8.78 Å². The number of fused-ring (bicyclic) bond motifs is 4. The highest BCUT2D eigenvalue weighted by molar-refractivity contribution is 6.36. The fourth-order valence-corrected chi connectivity index (χ4v) is 7.72. The molecule has 4 fully saturated rings. The van der Waals surface area contributed by atoms with Gasteiger partial charge in [0.1, 0.15) is 29.5 Å². The quantitative estimate of drug-likeness (QED) is 0.285. The summed E-state index contributed by atoms with van der Waals surface area (Å²) in [6.07, 6.45) is 4.87. The van der Waals surface area contributed by atoms with Crippen molar-refractivity contribution in [3.05, 3.63) is 65.8 Å². The van der Waals surface area contributed by atoms with Crippen LogP contribution in [0.5, 0.6) is 6.01 Å². The van der Waals surface area contributed by atoms with Gasteiger partial charge in [0, 0.05) is 42.8 Å². The Bertz CT molecular complexity index is 1840. The van der Waals surface area contributed by atoms with Crippen LogP contribution in [0.1, 0.15) is 12.8 Å². The minimum atomic E-state index is -0.661. The van der Waals surface area contributed by atoms with Crippen LogP contribution in [0, 0.1) is 23.5 Å². The maximum absolute atomic E-state index is 16.6. The first kappa shape index (κ1) is 26.7. The summed E-state index contributed by atoms with van der Waals surface area (Å²) < 4.78 is 37.3. The van der Waals surface area contributed by atoms with Crippen LogP contribution in [0.15, 0.2) is 49.2 Å². The third kappa shape index (κ3) is 4.10. The van der Waals surface area contributed by atoms with E-state index in [-0.39, 0.29) is 46.3 Å². The van der Waals surface area contributed by atoms with E-state index in [4.69, 9.17) is 21.3 Å². The van der Waals surface area contributed by atoms with Crippen molar-refractivity contribution >= 4 is 45.0 Å². The summed E-state index contributed by atoms with van der Waals surface area (Å²) in [6.45, 7) is 6.26. The van der Waals surface area contributed by atoms with E-state index < -0.39 is 11.6 Å². The first-order chi connectivity index (χ1) is 20.8. The zero-order valence-corrected chi connectivity index (χ0v) is 24.3. The van der Waals surface area contributed by atoms with Crippen molar-refractivity contribution in [2.75, 3.05) is 38.2 Å². The van der Waals surface area contributed by atoms with Gasteiger partial charge in [-0.15, -0.1) is 0 Å². The molecule has 3 saturated heterocycles. The average molecular weight is 603 g/mol. The number of likely N-dealkylation sites (tertiary alicyclic amines) is 2. The van der Waals surface area contributed by atoms with Gasteiger partial charge in [0.15, 0.2) is 5.82 Å². The summed E-state index contributed by atoms with van der Waals surface area (Å²) in [5, 5.41) is 1.40. The second-order valence-electron chi connectivity index (χ2n) is 12.1. The van der Waals surface area contributed by atoms with Gasteiger partial charge in [-0.3, -0.25) is 14.7 Å². The van der Waals surface area contributed by atoms with Gasteiger partial charge in [-0.05, 0) is 49.3 Å². The number of piperidine rings is 1. The maximum Gasteiger partial charge on any atom is 0.319 e. The zero-order valence-electron chi connectivity index (χ0n) is 23.5. The Hall–Kier alpha value is -3.89. The van der Waals surface area contributed by atoms with Gasteiger partial charge in [0.2, 0.25) is 5.91 Å². The normalized spacial score (nSPS) is 26.0. The molecular formula is C32H29ClF2N6O2. The molecule has 5 atom stereocenters. The van der Waals surface area contributed by atoms with Crippen molar-refractivity contribution in [1.82, 2.24) is 24.8 Å². The molecular weight excluding hydrogens is 574 g/mol. The number of pyridine rings is 1. The number of hydrogen-bond donors (Lipinski definition) is 0. The van der Waals surface area contributed by atoms with E-state index >= 15 is 4.39 Å². The van der Waals surface area contributed by atoms with E-state index in [0.717, 1.165) is 18.9 Å². The predicted octanol–water partition coefficient (Wildman–Crippen LogP) is 5.08. The van der Waals surface area contributed by atoms with Crippen LogP contribution in [-0.2, 0) is 4.79 Å². The number of rotatable bonds is 6. The third-order valence-corrected chi connectivity index (χ3v) is 10.2. The molecule has 2 aromatic carbocycles. The first-order valence-electron chi connectivity index (χ1n) is 14.6. The molecule has 0 bridgehead atoms. The molecule has 1 amide bonds. The van der Waals surface area contributed by atoms with E-state index in [9.17, 15) is 9.18 Å². The smallest absolute Gasteiger partial charge is 0.319 e. The van der Waals surface area contributed by atoms with Gasteiger partial charge >= 0.3 is 6.01 Å². The van der Waals surface area contributed by atoms with Crippen LogP contribution in [0.3, 0.4) is 0 Å². The molecule has 0 N–H and O–H groups in total. The Morgan fingerprint density at radius 3 is 2.84 bits per heavy atom. The Kier molecular flexibility index (Phi) is 6.10. The largest absolute Gasteiger partial charge is 0.462 e. The Morgan fingerprint density at radius 2 is 2.05 bits per heavy atom. The number of amides is 1. The van der Waals surface area contributed by atoms with Crippen molar-refractivity contribution < 1.29 is 18.3 Å². The van der Waals surface area contributed by atoms with Crippen LogP contribution >= 0.6 is 11.6 Å². The van der Waals surface area contributed by atoms with Crippen LogP contribution in [-0.4, -0.2) is 82.1 Å². The lowest BCUT2D eigenvalue weighted by Crippen LogP contribution is -2.63. The van der Waals surface area contributed by atoms with Crippen LogP contribution in [0.4, 0.5) is 14.6 Å². The lowest BCUT2D eigenvalue weighted by atomic mass is 9.96. The van der Waals surface area contributed by atoms with Crippen LogP contribution in [0.25, 0.3) is 32.9 Å². The predicted molar refractivity (Wildman–Crippen MR) is 160 cm³/mol.